The van der Waals surface area contributed by atoms with Gasteiger partial charge in [-0.05, 0) is 6.40 Å². The summed E-state index contributed by atoms with van der Waals surface area (Å²) >= 11 is 0. The fraction of sp³-hybridized carbons (Fsp3) is 0.500. The summed E-state index contributed by atoms with van der Waals surface area (Å²) in [6.07, 6.45) is 5.78. The van der Waals surface area contributed by atoms with Crippen molar-refractivity contribution in [2.45, 2.75) is 19.2 Å². The van der Waals surface area contributed by atoms with Crippen LogP contribution >= 0.6 is 0 Å². The molecule has 0 nitrogen and oxygen atoms in total. The van der Waals surface area contributed by atoms with Gasteiger partial charge in [-0.25, -0.2) is 0 Å². The van der Waals surface area contributed by atoms with Gasteiger partial charge >= 0.3 is 0 Å². The second kappa shape index (κ2) is 1.91. The summed E-state index contributed by atoms with van der Waals surface area (Å²) in [6.45, 7) is 0. The van der Waals surface area contributed by atoms with Crippen LogP contribution in [0.4, 0.5) is 0 Å². The lowest BCUT2D eigenvalue weighted by Gasteiger charge is -1.88. The highest BCUT2D eigenvalue weighted by molar-refractivity contribution is 4.98. The second-order valence-electron chi connectivity index (χ2n) is 1.28. The Morgan fingerprint density at radius 1 is 1.83 bits per heavy atom. The van der Waals surface area contributed by atoms with E-state index in [9.17, 15) is 0 Å². The van der Waals surface area contributed by atoms with Gasteiger partial charge in [-0.1, -0.05) is 0 Å². The van der Waals surface area contributed by atoms with E-state index in [1.54, 1.807) is 6.42 Å². The molecule has 32 valence electrons. The molecular formula is C6H9+. The lowest BCUT2D eigenvalue weighted by Crippen LogP contribution is -1.78. The van der Waals surface area contributed by atoms with Crippen molar-refractivity contribution in [2.75, 3.05) is 0 Å². The molecule has 0 saturated carbocycles. The van der Waals surface area contributed by atoms with Crippen LogP contribution < -0.4 is 0 Å². The Bertz CT molecular complexity index is 86.7. The van der Waals surface area contributed by atoms with Gasteiger partial charge in [0, 0.05) is 26.7 Å². The summed E-state index contributed by atoms with van der Waals surface area (Å²) in [5.74, 6) is 0. The van der Waals surface area contributed by atoms with Gasteiger partial charge in [0.1, 0.15) is 0 Å². The zero-order valence-corrected chi connectivity index (χ0v) is 3.59. The maximum absolute atomic E-state index is 7.21. The smallest absolute Gasteiger partial charge is 0.0106 e. The Morgan fingerprint density at radius 3 is 3.33 bits per heavy atom. The molecule has 0 radical (unpaired) electrons. The number of allylic oxidation sites excluding steroid dienone is 2. The minimum atomic E-state index is -0.292. The van der Waals surface area contributed by atoms with Crippen molar-refractivity contribution >= 4 is 0 Å². The molecule has 1 aliphatic rings. The van der Waals surface area contributed by atoms with Crippen LogP contribution in [0, 0.1) is 6.42 Å². The summed E-state index contributed by atoms with van der Waals surface area (Å²) in [5, 5.41) is 0. The first kappa shape index (κ1) is 2.06. The van der Waals surface area contributed by atoms with Crippen LogP contribution in [0.25, 0.3) is 0 Å². The summed E-state index contributed by atoms with van der Waals surface area (Å²) < 4.78 is 14.4. The van der Waals surface area contributed by atoms with E-state index in [1.807, 2.05) is 12.2 Å². The summed E-state index contributed by atoms with van der Waals surface area (Å²) in [7, 11) is 0. The van der Waals surface area contributed by atoms with Gasteiger partial charge in [0.25, 0.3) is 0 Å². The quantitative estimate of drug-likeness (QED) is 0.392. The number of rotatable bonds is 0. The molecule has 0 fully saturated rings. The van der Waals surface area contributed by atoms with Gasteiger partial charge in [0.05, 0.1) is 7.45 Å². The number of hydrogen-bond donors (Lipinski definition) is 0. The first-order valence-electron chi connectivity index (χ1n) is 3.30. The Balaban J connectivity index is 2.44. The molecule has 0 heterocycles. The van der Waals surface area contributed by atoms with Crippen molar-refractivity contribution in [3.8, 4) is 0 Å². The molecule has 0 aromatic heterocycles. The van der Waals surface area contributed by atoms with E-state index in [0.29, 0.717) is 0 Å². The summed E-state index contributed by atoms with van der Waals surface area (Å²) in [6, 6.07) is 0. The van der Waals surface area contributed by atoms with Gasteiger partial charge < -0.3 is 0 Å². The van der Waals surface area contributed by atoms with Crippen LogP contribution in [-0.4, -0.2) is 0 Å². The van der Waals surface area contributed by atoms with E-state index in [-0.39, 0.29) is 12.8 Å². The van der Waals surface area contributed by atoms with Crippen LogP contribution in [0.2, 0.25) is 0 Å². The summed E-state index contributed by atoms with van der Waals surface area (Å²) in [5.41, 5.74) is 0. The fourth-order valence-electron chi connectivity index (χ4n) is 0.457. The third kappa shape index (κ3) is 0.781. The molecule has 0 unspecified atom stereocenters. The Labute approximate surface area is 41.7 Å². The third-order valence-electron chi connectivity index (χ3n) is 0.767. The molecule has 1 aliphatic carbocycles. The van der Waals surface area contributed by atoms with Crippen LogP contribution in [-0.2, 0) is 0 Å². The van der Waals surface area contributed by atoms with Crippen LogP contribution in [0.1, 0.15) is 22.0 Å². The Hall–Kier alpha value is -0.390. The molecule has 6 heavy (non-hydrogen) atoms. The van der Waals surface area contributed by atoms with Gasteiger partial charge in [-0.3, -0.25) is 0 Å². The molecule has 2 atom stereocenters. The monoisotopic (exact) mass is 83.1 g/mol. The molecule has 0 bridgehead atoms. The molecule has 1 rings (SSSR count). The highest BCUT2D eigenvalue weighted by Gasteiger charge is 1.95. The predicted molar refractivity (Wildman–Crippen MR) is 27.3 cm³/mol. The fourth-order valence-corrected chi connectivity index (χ4v) is 0.457. The van der Waals surface area contributed by atoms with Gasteiger partial charge in [0.15, 0.2) is 0 Å². The number of hydrogen-bond acceptors (Lipinski definition) is 0. The van der Waals surface area contributed by atoms with Crippen LogP contribution in [0.15, 0.2) is 12.2 Å². The highest BCUT2D eigenvalue weighted by atomic mass is 13.9. The van der Waals surface area contributed by atoms with Crippen molar-refractivity contribution < 1.29 is 2.74 Å². The zero-order valence-electron chi connectivity index (χ0n) is 5.59. The lowest BCUT2D eigenvalue weighted by atomic mass is 10.1. The van der Waals surface area contributed by atoms with E-state index in [2.05, 4.69) is 0 Å². The molecule has 0 saturated heterocycles. The topological polar surface area (TPSA) is 0 Å². The molecule has 0 heteroatoms. The Morgan fingerprint density at radius 2 is 2.83 bits per heavy atom. The van der Waals surface area contributed by atoms with Crippen LogP contribution in [0.5, 0.6) is 0 Å². The zero-order chi connectivity index (χ0) is 5.98. The average molecular weight is 83.2 g/mol. The van der Waals surface area contributed by atoms with E-state index >= 15 is 0 Å². The third-order valence-corrected chi connectivity index (χ3v) is 0.767. The van der Waals surface area contributed by atoms with Crippen molar-refractivity contribution in [2.24, 2.45) is 0 Å². The maximum Gasteiger partial charge on any atom is 0.0893 e. The normalized spacial score (nSPS) is 49.3. The highest BCUT2D eigenvalue weighted by Crippen LogP contribution is 2.06. The van der Waals surface area contributed by atoms with Crippen molar-refractivity contribution in [3.63, 3.8) is 0 Å². The average Bonchev–Trinajstić information content (AvgIpc) is 1.77. The van der Waals surface area contributed by atoms with Gasteiger partial charge in [-0.15, -0.1) is 0 Å². The van der Waals surface area contributed by atoms with E-state index in [4.69, 9.17) is 2.74 Å². The van der Waals surface area contributed by atoms with E-state index in [1.165, 1.54) is 0 Å². The molecule has 0 aliphatic heterocycles. The first-order valence-corrected chi connectivity index (χ1v) is 2.15. The minimum absolute atomic E-state index is 0.222. The molecule has 0 aromatic rings. The molecular weight excluding hydrogens is 72.1 g/mol. The molecule has 0 N–H and O–H groups in total. The SMILES string of the molecule is [2H][C@@H]1CC=C[CH+][C@@H]1[2H]. The first-order chi connectivity index (χ1) is 3.80. The standard InChI is InChI=1S/C6H9/c1-2-4-6-5-3-1/h1-3H,4-6H2/q+1/i4D,6D/t4-,6-/m0/s1. The maximum atomic E-state index is 7.21. The second-order valence-corrected chi connectivity index (χ2v) is 1.28. The predicted octanol–water partition coefficient (Wildman–Crippen LogP) is 1.93. The largest absolute Gasteiger partial charge is 0.0893 e. The van der Waals surface area contributed by atoms with Crippen molar-refractivity contribution in [1.82, 2.24) is 0 Å². The minimum Gasteiger partial charge on any atom is -0.0106 e. The molecule has 0 aromatic carbocycles. The van der Waals surface area contributed by atoms with Gasteiger partial charge in [-0.2, -0.15) is 0 Å². The summed E-state index contributed by atoms with van der Waals surface area (Å²) in [4.78, 5) is 0. The van der Waals surface area contributed by atoms with Crippen molar-refractivity contribution in [3.05, 3.63) is 18.6 Å². The van der Waals surface area contributed by atoms with Gasteiger partial charge in [0.2, 0.25) is 0 Å². The molecule has 0 amide bonds. The van der Waals surface area contributed by atoms with Crippen molar-refractivity contribution in [1.29, 1.82) is 0 Å². The molecule has 0 spiro atoms. The lowest BCUT2D eigenvalue weighted by molar-refractivity contribution is 0.817. The van der Waals surface area contributed by atoms with E-state index < -0.39 is 0 Å². The van der Waals surface area contributed by atoms with Crippen LogP contribution in [0.3, 0.4) is 0 Å². The van der Waals surface area contributed by atoms with E-state index in [0.717, 1.165) is 6.42 Å². The Kier molecular flexibility index (Phi) is 0.655.